The monoisotopic (exact) mass is 604 g/mol. The topological polar surface area (TPSA) is 75.7 Å². The maximum absolute atomic E-state index is 12.9. The van der Waals surface area contributed by atoms with Crippen molar-refractivity contribution in [2.75, 3.05) is 11.9 Å². The number of para-hydroxylation sites is 2. The minimum Gasteiger partial charge on any atom is -0.483 e. The Balaban J connectivity index is 1.44. The molecule has 4 rings (SSSR count). The van der Waals surface area contributed by atoms with Crippen molar-refractivity contribution in [2.24, 2.45) is 0 Å². The van der Waals surface area contributed by atoms with Gasteiger partial charge in [-0.25, -0.2) is 0 Å². The predicted molar refractivity (Wildman–Crippen MR) is 143 cm³/mol. The summed E-state index contributed by atoms with van der Waals surface area (Å²) in [6.07, 6.45) is 1.61. The van der Waals surface area contributed by atoms with Crippen LogP contribution < -0.4 is 10.1 Å². The highest BCUT2D eigenvalue weighted by Gasteiger charge is 2.35. The lowest BCUT2D eigenvalue weighted by Crippen LogP contribution is -2.27. The molecule has 0 bridgehead atoms. The summed E-state index contributed by atoms with van der Waals surface area (Å²) >= 11 is 9.16. The summed E-state index contributed by atoms with van der Waals surface area (Å²) in [6.45, 7) is -0.0380. The summed E-state index contributed by atoms with van der Waals surface area (Å²) < 4.78 is 6.77. The SMILES string of the molecule is O=C(COc1ccccc1/C=C1\SC(=O)N(Cc2ccc(I)cc2)C1=O)Nc1ccccc1Cl. The fourth-order valence-corrected chi connectivity index (χ4v) is 4.55. The van der Waals surface area contributed by atoms with Crippen LogP contribution in [0.25, 0.3) is 6.08 Å². The lowest BCUT2D eigenvalue weighted by atomic mass is 10.1. The third-order valence-corrected chi connectivity index (χ3v) is 6.80. The van der Waals surface area contributed by atoms with Crippen LogP contribution in [0, 0.1) is 3.57 Å². The molecule has 1 saturated heterocycles. The number of benzene rings is 3. The fourth-order valence-electron chi connectivity index (χ4n) is 3.17. The molecule has 0 atom stereocenters. The number of thioether (sulfide) groups is 1. The average molecular weight is 605 g/mol. The molecule has 0 unspecified atom stereocenters. The molecule has 9 heteroatoms. The van der Waals surface area contributed by atoms with E-state index in [1.54, 1.807) is 54.6 Å². The van der Waals surface area contributed by atoms with Crippen LogP contribution in [0.3, 0.4) is 0 Å². The van der Waals surface area contributed by atoms with Crippen molar-refractivity contribution in [2.45, 2.75) is 6.54 Å². The van der Waals surface area contributed by atoms with E-state index in [0.29, 0.717) is 26.9 Å². The summed E-state index contributed by atoms with van der Waals surface area (Å²) in [7, 11) is 0. The van der Waals surface area contributed by atoms with Crippen molar-refractivity contribution in [3.63, 3.8) is 0 Å². The molecule has 0 spiro atoms. The van der Waals surface area contributed by atoms with Crippen molar-refractivity contribution in [1.82, 2.24) is 4.90 Å². The maximum Gasteiger partial charge on any atom is 0.293 e. The fraction of sp³-hybridized carbons (Fsp3) is 0.0800. The van der Waals surface area contributed by atoms with Crippen LogP contribution in [0.1, 0.15) is 11.1 Å². The Morgan fingerprint density at radius 3 is 2.50 bits per heavy atom. The molecule has 3 aromatic carbocycles. The van der Waals surface area contributed by atoms with Gasteiger partial charge in [0.25, 0.3) is 17.1 Å². The lowest BCUT2D eigenvalue weighted by Gasteiger charge is -2.12. The Morgan fingerprint density at radius 2 is 1.74 bits per heavy atom. The zero-order valence-corrected chi connectivity index (χ0v) is 21.4. The molecule has 1 fully saturated rings. The van der Waals surface area contributed by atoms with Gasteiger partial charge in [-0.1, -0.05) is 54.1 Å². The second-order valence-electron chi connectivity index (χ2n) is 7.25. The molecule has 0 saturated carbocycles. The van der Waals surface area contributed by atoms with Crippen LogP contribution >= 0.6 is 46.0 Å². The highest BCUT2D eigenvalue weighted by molar-refractivity contribution is 14.1. The molecule has 3 amide bonds. The number of hydrogen-bond acceptors (Lipinski definition) is 5. The number of nitrogens with one attached hydrogen (secondary N) is 1. The first-order valence-corrected chi connectivity index (χ1v) is 12.4. The number of ether oxygens (including phenoxy) is 1. The minimum atomic E-state index is -0.374. The molecule has 0 aliphatic carbocycles. The van der Waals surface area contributed by atoms with Gasteiger partial charge in [0.1, 0.15) is 5.75 Å². The number of amides is 3. The smallest absolute Gasteiger partial charge is 0.293 e. The molecule has 0 aromatic heterocycles. The number of hydrogen-bond donors (Lipinski definition) is 1. The van der Waals surface area contributed by atoms with Gasteiger partial charge >= 0.3 is 0 Å². The molecule has 1 aliphatic heterocycles. The van der Waals surface area contributed by atoms with Crippen molar-refractivity contribution in [1.29, 1.82) is 0 Å². The number of imide groups is 1. The Hall–Kier alpha value is -2.82. The summed E-state index contributed by atoms with van der Waals surface area (Å²) in [4.78, 5) is 39.2. The van der Waals surface area contributed by atoms with E-state index in [0.717, 1.165) is 20.9 Å². The maximum atomic E-state index is 12.9. The van der Waals surface area contributed by atoms with E-state index < -0.39 is 0 Å². The number of anilines is 1. The van der Waals surface area contributed by atoms with Crippen LogP contribution in [0.15, 0.2) is 77.7 Å². The van der Waals surface area contributed by atoms with Crippen molar-refractivity contribution in [3.05, 3.63) is 97.4 Å². The van der Waals surface area contributed by atoms with Gasteiger partial charge in [0.05, 0.1) is 22.2 Å². The van der Waals surface area contributed by atoms with Gasteiger partial charge in [0.15, 0.2) is 6.61 Å². The van der Waals surface area contributed by atoms with Gasteiger partial charge in [-0.05, 0) is 76.3 Å². The summed E-state index contributed by atoms with van der Waals surface area (Å²) in [5.41, 5.74) is 1.96. The zero-order chi connectivity index (χ0) is 24.1. The normalized spacial score (nSPS) is 14.5. The van der Waals surface area contributed by atoms with E-state index in [2.05, 4.69) is 27.9 Å². The molecule has 0 radical (unpaired) electrons. The van der Waals surface area contributed by atoms with Crippen LogP contribution in [-0.4, -0.2) is 28.6 Å². The molecule has 1 N–H and O–H groups in total. The quantitative estimate of drug-likeness (QED) is 0.257. The van der Waals surface area contributed by atoms with Gasteiger partial charge in [-0.2, -0.15) is 0 Å². The number of halogens is 2. The molecular formula is C25H18ClIN2O4S. The molecular weight excluding hydrogens is 587 g/mol. The van der Waals surface area contributed by atoms with E-state index in [-0.39, 0.29) is 30.2 Å². The zero-order valence-electron chi connectivity index (χ0n) is 17.7. The first-order valence-electron chi connectivity index (χ1n) is 10.2. The van der Waals surface area contributed by atoms with Crippen LogP contribution in [0.5, 0.6) is 5.75 Å². The number of carbonyl (C=O) groups is 3. The van der Waals surface area contributed by atoms with E-state index in [9.17, 15) is 14.4 Å². The molecule has 34 heavy (non-hydrogen) atoms. The number of rotatable bonds is 7. The summed E-state index contributed by atoms with van der Waals surface area (Å²) in [5, 5.41) is 2.80. The summed E-state index contributed by atoms with van der Waals surface area (Å²) in [5.74, 6) is -0.318. The molecule has 172 valence electrons. The average Bonchev–Trinajstić information content (AvgIpc) is 3.08. The van der Waals surface area contributed by atoms with Gasteiger partial charge < -0.3 is 10.1 Å². The van der Waals surface area contributed by atoms with Gasteiger partial charge in [-0.15, -0.1) is 0 Å². The number of carbonyl (C=O) groups excluding carboxylic acids is 3. The number of nitrogens with zero attached hydrogens (tertiary/aromatic N) is 1. The van der Waals surface area contributed by atoms with E-state index in [1.165, 1.54) is 4.90 Å². The second-order valence-corrected chi connectivity index (χ2v) is 9.89. The van der Waals surface area contributed by atoms with Crippen LogP contribution in [0.2, 0.25) is 5.02 Å². The first kappa shape index (κ1) is 24.3. The molecule has 3 aromatic rings. The van der Waals surface area contributed by atoms with Crippen molar-refractivity contribution in [3.8, 4) is 5.75 Å². The van der Waals surface area contributed by atoms with E-state index in [1.807, 2.05) is 24.3 Å². The summed E-state index contributed by atoms with van der Waals surface area (Å²) in [6, 6.07) is 21.6. The highest BCUT2D eigenvalue weighted by Crippen LogP contribution is 2.35. The Labute approximate surface area is 219 Å². The van der Waals surface area contributed by atoms with Gasteiger partial charge in [0, 0.05) is 9.13 Å². The predicted octanol–water partition coefficient (Wildman–Crippen LogP) is 6.20. The van der Waals surface area contributed by atoms with Crippen LogP contribution in [0.4, 0.5) is 10.5 Å². The molecule has 1 aliphatic rings. The molecule has 6 nitrogen and oxygen atoms in total. The Morgan fingerprint density at radius 1 is 1.03 bits per heavy atom. The third kappa shape index (κ3) is 5.99. The van der Waals surface area contributed by atoms with Crippen molar-refractivity contribution < 1.29 is 19.1 Å². The highest BCUT2D eigenvalue weighted by atomic mass is 127. The third-order valence-electron chi connectivity index (χ3n) is 4.84. The van der Waals surface area contributed by atoms with Crippen molar-refractivity contribution >= 4 is 74.8 Å². The van der Waals surface area contributed by atoms with E-state index in [4.69, 9.17) is 16.3 Å². The van der Waals surface area contributed by atoms with Gasteiger partial charge in [-0.3, -0.25) is 19.3 Å². The Kier molecular flexibility index (Phi) is 7.91. The van der Waals surface area contributed by atoms with E-state index >= 15 is 0 Å². The minimum absolute atomic E-state index is 0.208. The van der Waals surface area contributed by atoms with Gasteiger partial charge in [0.2, 0.25) is 0 Å². The van der Waals surface area contributed by atoms with Crippen LogP contribution in [-0.2, 0) is 16.1 Å². The Bertz CT molecular complexity index is 1280. The lowest BCUT2D eigenvalue weighted by molar-refractivity contribution is -0.123. The standard InChI is InChI=1S/C25H18ClIN2O4S/c26-19-6-2-3-7-20(19)28-23(30)15-33-21-8-4-1-5-17(21)13-22-24(31)29(25(32)34-22)14-16-9-11-18(27)12-10-16/h1-13H,14-15H2,(H,28,30)/b22-13-. The largest absolute Gasteiger partial charge is 0.483 e. The molecule has 1 heterocycles. The first-order chi connectivity index (χ1) is 16.4. The second kappa shape index (κ2) is 11.1.